The van der Waals surface area contributed by atoms with Crippen LogP contribution < -0.4 is 11.1 Å². The van der Waals surface area contributed by atoms with E-state index in [2.05, 4.69) is 5.32 Å². The number of rotatable bonds is 5. The van der Waals surface area contributed by atoms with Gasteiger partial charge in [-0.25, -0.2) is 0 Å². The van der Waals surface area contributed by atoms with Crippen molar-refractivity contribution in [3.63, 3.8) is 0 Å². The van der Waals surface area contributed by atoms with Gasteiger partial charge in [-0.15, -0.1) is 0 Å². The zero-order valence-electron chi connectivity index (χ0n) is 10.4. The minimum absolute atomic E-state index is 0.0764. The van der Waals surface area contributed by atoms with E-state index in [1.165, 1.54) is 0 Å². The summed E-state index contributed by atoms with van der Waals surface area (Å²) < 4.78 is 0. The first-order chi connectivity index (χ1) is 8.54. The molecule has 0 spiro atoms. The molecular formula is C13H18ClN3O. The van der Waals surface area contributed by atoms with Crippen LogP contribution in [0.25, 0.3) is 0 Å². The topological polar surface area (TPSA) is 58.4 Å². The minimum Gasteiger partial charge on any atom is -0.398 e. The summed E-state index contributed by atoms with van der Waals surface area (Å²) in [6, 6.07) is 5.85. The van der Waals surface area contributed by atoms with Crippen molar-refractivity contribution in [3.8, 4) is 0 Å². The van der Waals surface area contributed by atoms with Crippen LogP contribution in [-0.4, -0.2) is 30.4 Å². The number of nitrogen functional groups attached to an aromatic ring is 1. The monoisotopic (exact) mass is 267 g/mol. The van der Waals surface area contributed by atoms with Gasteiger partial charge in [0.25, 0.3) is 0 Å². The molecule has 1 aliphatic rings. The summed E-state index contributed by atoms with van der Waals surface area (Å²) in [7, 11) is 1.90. The number of carbonyl (C=O) groups excluding carboxylic acids is 1. The van der Waals surface area contributed by atoms with Gasteiger partial charge in [0.1, 0.15) is 0 Å². The molecule has 3 N–H and O–H groups in total. The van der Waals surface area contributed by atoms with Crippen LogP contribution in [-0.2, 0) is 11.3 Å². The smallest absolute Gasteiger partial charge is 0.234 e. The molecule has 1 fully saturated rings. The molecule has 1 aromatic rings. The molecular weight excluding hydrogens is 250 g/mol. The van der Waals surface area contributed by atoms with E-state index in [1.54, 1.807) is 6.07 Å². The maximum Gasteiger partial charge on any atom is 0.234 e. The van der Waals surface area contributed by atoms with E-state index >= 15 is 0 Å². The number of hydrogen-bond donors (Lipinski definition) is 2. The molecule has 0 heterocycles. The Hall–Kier alpha value is -1.26. The SMILES string of the molecule is CN(CC(=O)NC1CC1)Cc1ccc(Cl)cc1N. The van der Waals surface area contributed by atoms with Gasteiger partial charge in [0.05, 0.1) is 6.54 Å². The molecule has 0 saturated heterocycles. The van der Waals surface area contributed by atoms with Gasteiger partial charge in [0, 0.05) is 23.3 Å². The van der Waals surface area contributed by atoms with Crippen molar-refractivity contribution in [1.82, 2.24) is 10.2 Å². The van der Waals surface area contributed by atoms with Crippen LogP contribution in [0, 0.1) is 0 Å². The maximum absolute atomic E-state index is 11.6. The molecule has 0 bridgehead atoms. The van der Waals surface area contributed by atoms with Crippen molar-refractivity contribution in [2.45, 2.75) is 25.4 Å². The Labute approximate surface area is 112 Å². The van der Waals surface area contributed by atoms with Gasteiger partial charge in [0.2, 0.25) is 5.91 Å². The molecule has 2 rings (SSSR count). The number of likely N-dealkylation sites (N-methyl/N-ethyl adjacent to an activating group) is 1. The van der Waals surface area contributed by atoms with Crippen molar-refractivity contribution in [2.24, 2.45) is 0 Å². The quantitative estimate of drug-likeness (QED) is 0.798. The lowest BCUT2D eigenvalue weighted by Gasteiger charge is -2.17. The summed E-state index contributed by atoms with van der Waals surface area (Å²) in [5, 5.41) is 3.59. The molecule has 1 aliphatic carbocycles. The maximum atomic E-state index is 11.6. The lowest BCUT2D eigenvalue weighted by molar-refractivity contribution is -0.122. The summed E-state index contributed by atoms with van der Waals surface area (Å²) in [6.07, 6.45) is 2.22. The average molecular weight is 268 g/mol. The van der Waals surface area contributed by atoms with Crippen molar-refractivity contribution in [3.05, 3.63) is 28.8 Å². The van der Waals surface area contributed by atoms with Crippen LogP contribution in [0.4, 0.5) is 5.69 Å². The van der Waals surface area contributed by atoms with E-state index in [0.29, 0.717) is 29.8 Å². The van der Waals surface area contributed by atoms with Gasteiger partial charge in [-0.1, -0.05) is 17.7 Å². The third kappa shape index (κ3) is 3.89. The molecule has 0 radical (unpaired) electrons. The van der Waals surface area contributed by atoms with Gasteiger partial charge in [0.15, 0.2) is 0 Å². The van der Waals surface area contributed by atoms with Gasteiger partial charge in [-0.05, 0) is 37.6 Å². The Morgan fingerprint density at radius 2 is 2.28 bits per heavy atom. The van der Waals surface area contributed by atoms with E-state index in [4.69, 9.17) is 17.3 Å². The molecule has 1 amide bonds. The second-order valence-corrected chi connectivity index (χ2v) is 5.29. The van der Waals surface area contributed by atoms with Gasteiger partial charge >= 0.3 is 0 Å². The number of nitrogens with one attached hydrogen (secondary N) is 1. The van der Waals surface area contributed by atoms with Crippen LogP contribution in [0.5, 0.6) is 0 Å². The molecule has 0 aliphatic heterocycles. The zero-order chi connectivity index (χ0) is 13.1. The third-order valence-corrected chi connectivity index (χ3v) is 3.14. The molecule has 1 saturated carbocycles. The number of hydrogen-bond acceptors (Lipinski definition) is 3. The molecule has 18 heavy (non-hydrogen) atoms. The number of nitrogens with zero attached hydrogens (tertiary/aromatic N) is 1. The summed E-state index contributed by atoms with van der Waals surface area (Å²) in [6.45, 7) is 1.03. The van der Waals surface area contributed by atoms with E-state index in [1.807, 2.05) is 24.1 Å². The lowest BCUT2D eigenvalue weighted by Crippen LogP contribution is -2.36. The highest BCUT2D eigenvalue weighted by molar-refractivity contribution is 6.30. The Morgan fingerprint density at radius 1 is 1.56 bits per heavy atom. The number of anilines is 1. The first-order valence-corrected chi connectivity index (χ1v) is 6.44. The Morgan fingerprint density at radius 3 is 2.89 bits per heavy atom. The second kappa shape index (κ2) is 5.59. The van der Waals surface area contributed by atoms with Crippen LogP contribution in [0.2, 0.25) is 5.02 Å². The fraction of sp³-hybridized carbons (Fsp3) is 0.462. The summed E-state index contributed by atoms with van der Waals surface area (Å²) in [4.78, 5) is 13.6. The summed E-state index contributed by atoms with van der Waals surface area (Å²) >= 11 is 5.84. The fourth-order valence-corrected chi connectivity index (χ4v) is 1.98. The Bertz CT molecular complexity index is 446. The van der Waals surface area contributed by atoms with E-state index in [-0.39, 0.29) is 5.91 Å². The van der Waals surface area contributed by atoms with Crippen molar-refractivity contribution >= 4 is 23.2 Å². The van der Waals surface area contributed by atoms with Crippen LogP contribution in [0.15, 0.2) is 18.2 Å². The molecule has 0 unspecified atom stereocenters. The summed E-state index contributed by atoms with van der Waals surface area (Å²) in [5.74, 6) is 0.0764. The number of benzene rings is 1. The highest BCUT2D eigenvalue weighted by Gasteiger charge is 2.23. The molecule has 0 atom stereocenters. The average Bonchev–Trinajstić information content (AvgIpc) is 3.05. The summed E-state index contributed by atoms with van der Waals surface area (Å²) in [5.41, 5.74) is 7.53. The first kappa shape index (κ1) is 13.2. The van der Waals surface area contributed by atoms with Gasteiger partial charge in [-0.3, -0.25) is 9.69 Å². The first-order valence-electron chi connectivity index (χ1n) is 6.06. The predicted octanol–water partition coefficient (Wildman–Crippen LogP) is 1.63. The Balaban J connectivity index is 1.85. The number of amides is 1. The number of nitrogens with two attached hydrogens (primary N) is 1. The van der Waals surface area contributed by atoms with Crippen LogP contribution >= 0.6 is 11.6 Å². The molecule has 98 valence electrons. The Kier molecular flexibility index (Phi) is 4.09. The largest absolute Gasteiger partial charge is 0.398 e. The van der Waals surface area contributed by atoms with Crippen molar-refractivity contribution < 1.29 is 4.79 Å². The number of halogens is 1. The van der Waals surface area contributed by atoms with E-state index in [0.717, 1.165) is 18.4 Å². The molecule has 4 nitrogen and oxygen atoms in total. The minimum atomic E-state index is 0.0764. The third-order valence-electron chi connectivity index (χ3n) is 2.90. The molecule has 5 heteroatoms. The molecule has 1 aromatic carbocycles. The van der Waals surface area contributed by atoms with Crippen molar-refractivity contribution in [1.29, 1.82) is 0 Å². The second-order valence-electron chi connectivity index (χ2n) is 4.86. The normalized spacial score (nSPS) is 14.8. The van der Waals surface area contributed by atoms with Gasteiger partial charge < -0.3 is 11.1 Å². The predicted molar refractivity (Wildman–Crippen MR) is 73.4 cm³/mol. The van der Waals surface area contributed by atoms with E-state index in [9.17, 15) is 4.79 Å². The molecule has 0 aromatic heterocycles. The van der Waals surface area contributed by atoms with Crippen LogP contribution in [0.3, 0.4) is 0 Å². The zero-order valence-corrected chi connectivity index (χ0v) is 11.2. The van der Waals surface area contributed by atoms with Crippen molar-refractivity contribution in [2.75, 3.05) is 19.3 Å². The highest BCUT2D eigenvalue weighted by Crippen LogP contribution is 2.20. The number of carbonyl (C=O) groups is 1. The van der Waals surface area contributed by atoms with Crippen LogP contribution in [0.1, 0.15) is 18.4 Å². The fourth-order valence-electron chi connectivity index (χ4n) is 1.80. The van der Waals surface area contributed by atoms with Gasteiger partial charge in [-0.2, -0.15) is 0 Å². The standard InChI is InChI=1S/C13H18ClN3O/c1-17(8-13(18)16-11-4-5-11)7-9-2-3-10(14)6-12(9)15/h2-3,6,11H,4-5,7-8,15H2,1H3,(H,16,18). The lowest BCUT2D eigenvalue weighted by atomic mass is 10.1. The van der Waals surface area contributed by atoms with E-state index < -0.39 is 0 Å². The highest BCUT2D eigenvalue weighted by atomic mass is 35.5.